The molecule has 0 spiro atoms. The summed E-state index contributed by atoms with van der Waals surface area (Å²) in [4.78, 5) is 15.6. The SMILES string of the molecule is C[C@@H](NC(=O)c1ccncc1F)[C@@H](C)Oc1ccccc1F. The van der Waals surface area contributed by atoms with Crippen LogP contribution in [0.25, 0.3) is 0 Å². The molecule has 6 heteroatoms. The maximum absolute atomic E-state index is 13.5. The van der Waals surface area contributed by atoms with E-state index in [4.69, 9.17) is 4.74 Å². The van der Waals surface area contributed by atoms with Crippen LogP contribution in [0.5, 0.6) is 5.75 Å². The lowest BCUT2D eigenvalue weighted by Gasteiger charge is -2.23. The summed E-state index contributed by atoms with van der Waals surface area (Å²) in [6, 6.07) is 6.85. The standard InChI is InChI=1S/C16H16F2N2O2/c1-10(11(2)22-15-6-4-3-5-13(15)17)20-16(21)12-7-8-19-9-14(12)18/h3-11H,1-2H3,(H,20,21)/t10-,11-/m1/s1. The van der Waals surface area contributed by atoms with Crippen LogP contribution in [0.4, 0.5) is 8.78 Å². The van der Waals surface area contributed by atoms with Crippen LogP contribution in [0.15, 0.2) is 42.7 Å². The Morgan fingerprint density at radius 2 is 1.91 bits per heavy atom. The maximum atomic E-state index is 13.5. The van der Waals surface area contributed by atoms with Crippen molar-refractivity contribution in [1.29, 1.82) is 0 Å². The molecule has 2 atom stereocenters. The van der Waals surface area contributed by atoms with Crippen molar-refractivity contribution in [3.8, 4) is 5.75 Å². The first kappa shape index (κ1) is 15.9. The molecule has 0 fully saturated rings. The summed E-state index contributed by atoms with van der Waals surface area (Å²) in [5.41, 5.74) is -0.0973. The zero-order valence-electron chi connectivity index (χ0n) is 12.2. The molecule has 0 aliphatic rings. The van der Waals surface area contributed by atoms with Crippen LogP contribution in [0, 0.1) is 11.6 Å². The average Bonchev–Trinajstić information content (AvgIpc) is 2.49. The molecule has 22 heavy (non-hydrogen) atoms. The van der Waals surface area contributed by atoms with Gasteiger partial charge in [-0.1, -0.05) is 12.1 Å². The smallest absolute Gasteiger partial charge is 0.254 e. The van der Waals surface area contributed by atoms with Crippen molar-refractivity contribution in [2.45, 2.75) is 26.0 Å². The van der Waals surface area contributed by atoms with Crippen LogP contribution >= 0.6 is 0 Å². The number of hydrogen-bond acceptors (Lipinski definition) is 3. The van der Waals surface area contributed by atoms with Crippen molar-refractivity contribution in [3.05, 3.63) is 59.9 Å². The van der Waals surface area contributed by atoms with Gasteiger partial charge in [0.1, 0.15) is 6.10 Å². The molecule has 116 valence electrons. The van der Waals surface area contributed by atoms with E-state index in [2.05, 4.69) is 10.3 Å². The number of carbonyl (C=O) groups excluding carboxylic acids is 1. The Hall–Kier alpha value is -2.50. The second-order valence-electron chi connectivity index (χ2n) is 4.87. The number of para-hydroxylation sites is 1. The van der Waals surface area contributed by atoms with Gasteiger partial charge in [-0.3, -0.25) is 9.78 Å². The number of aromatic nitrogens is 1. The largest absolute Gasteiger partial charge is 0.486 e. The molecule has 0 aliphatic heterocycles. The number of nitrogens with zero attached hydrogens (tertiary/aromatic N) is 1. The lowest BCUT2D eigenvalue weighted by molar-refractivity contribution is 0.0887. The van der Waals surface area contributed by atoms with Gasteiger partial charge >= 0.3 is 0 Å². The number of ether oxygens (including phenoxy) is 1. The Labute approximate surface area is 127 Å². The third-order valence-corrected chi connectivity index (χ3v) is 3.23. The van der Waals surface area contributed by atoms with Gasteiger partial charge in [0, 0.05) is 6.20 Å². The number of carbonyl (C=O) groups is 1. The lowest BCUT2D eigenvalue weighted by atomic mass is 10.1. The summed E-state index contributed by atoms with van der Waals surface area (Å²) < 4.78 is 32.5. The van der Waals surface area contributed by atoms with E-state index < -0.39 is 29.7 Å². The zero-order valence-corrected chi connectivity index (χ0v) is 12.2. The van der Waals surface area contributed by atoms with Crippen molar-refractivity contribution >= 4 is 5.91 Å². The monoisotopic (exact) mass is 306 g/mol. The van der Waals surface area contributed by atoms with Gasteiger partial charge in [0.15, 0.2) is 17.4 Å². The molecular weight excluding hydrogens is 290 g/mol. The maximum Gasteiger partial charge on any atom is 0.254 e. The molecule has 0 saturated carbocycles. The second kappa shape index (κ2) is 6.98. The molecule has 1 N–H and O–H groups in total. The topological polar surface area (TPSA) is 51.2 Å². The molecule has 0 radical (unpaired) electrons. The molecule has 4 nitrogen and oxygen atoms in total. The number of halogens is 2. The first-order chi connectivity index (χ1) is 10.5. The molecule has 0 saturated heterocycles. The molecule has 0 bridgehead atoms. The van der Waals surface area contributed by atoms with E-state index in [9.17, 15) is 13.6 Å². The number of rotatable bonds is 5. The quantitative estimate of drug-likeness (QED) is 0.924. The highest BCUT2D eigenvalue weighted by Crippen LogP contribution is 2.18. The summed E-state index contributed by atoms with van der Waals surface area (Å²) in [7, 11) is 0. The first-order valence-electron chi connectivity index (χ1n) is 6.80. The Kier molecular flexibility index (Phi) is 5.04. The van der Waals surface area contributed by atoms with Gasteiger partial charge in [-0.05, 0) is 32.0 Å². The Bertz CT molecular complexity index is 664. The Balaban J connectivity index is 2.00. The zero-order chi connectivity index (χ0) is 16.1. The highest BCUT2D eigenvalue weighted by Gasteiger charge is 2.20. The van der Waals surface area contributed by atoms with E-state index in [1.54, 1.807) is 26.0 Å². The van der Waals surface area contributed by atoms with Crippen molar-refractivity contribution in [1.82, 2.24) is 10.3 Å². The number of amides is 1. The summed E-state index contributed by atoms with van der Waals surface area (Å²) in [6.45, 7) is 3.39. The highest BCUT2D eigenvalue weighted by molar-refractivity contribution is 5.94. The van der Waals surface area contributed by atoms with E-state index in [0.29, 0.717) is 0 Å². The summed E-state index contributed by atoms with van der Waals surface area (Å²) >= 11 is 0. The van der Waals surface area contributed by atoms with E-state index >= 15 is 0 Å². The molecule has 0 unspecified atom stereocenters. The summed E-state index contributed by atoms with van der Waals surface area (Å²) in [6.07, 6.45) is 1.81. The number of hydrogen-bond donors (Lipinski definition) is 1. The van der Waals surface area contributed by atoms with Crippen LogP contribution < -0.4 is 10.1 Å². The predicted molar refractivity (Wildman–Crippen MR) is 77.6 cm³/mol. The van der Waals surface area contributed by atoms with Crippen LogP contribution in [0.3, 0.4) is 0 Å². The van der Waals surface area contributed by atoms with Crippen molar-refractivity contribution in [3.63, 3.8) is 0 Å². The number of benzene rings is 1. The summed E-state index contributed by atoms with van der Waals surface area (Å²) in [5.74, 6) is -1.65. The minimum Gasteiger partial charge on any atom is -0.486 e. The van der Waals surface area contributed by atoms with Gasteiger partial charge in [0.2, 0.25) is 0 Å². The fourth-order valence-electron chi connectivity index (χ4n) is 1.80. The van der Waals surface area contributed by atoms with E-state index in [1.165, 1.54) is 24.4 Å². The molecule has 0 aliphatic carbocycles. The minimum absolute atomic E-state index is 0.0973. The average molecular weight is 306 g/mol. The predicted octanol–water partition coefficient (Wildman–Crippen LogP) is 2.95. The normalized spacial score (nSPS) is 13.3. The number of nitrogens with one attached hydrogen (secondary N) is 1. The van der Waals surface area contributed by atoms with Crippen LogP contribution in [0.2, 0.25) is 0 Å². The van der Waals surface area contributed by atoms with Crippen molar-refractivity contribution in [2.24, 2.45) is 0 Å². The molecule has 2 aromatic rings. The molecule has 1 heterocycles. The van der Waals surface area contributed by atoms with Gasteiger partial charge in [0.25, 0.3) is 5.91 Å². The van der Waals surface area contributed by atoms with Crippen molar-refractivity contribution in [2.75, 3.05) is 0 Å². The van der Waals surface area contributed by atoms with Gasteiger partial charge in [-0.25, -0.2) is 8.78 Å². The second-order valence-corrected chi connectivity index (χ2v) is 4.87. The molecule has 1 aromatic heterocycles. The highest BCUT2D eigenvalue weighted by atomic mass is 19.1. The van der Waals surface area contributed by atoms with Gasteiger partial charge < -0.3 is 10.1 Å². The third kappa shape index (κ3) is 3.78. The van der Waals surface area contributed by atoms with Gasteiger partial charge in [-0.2, -0.15) is 0 Å². The van der Waals surface area contributed by atoms with Crippen molar-refractivity contribution < 1.29 is 18.3 Å². The molecular formula is C16H16F2N2O2. The van der Waals surface area contributed by atoms with Gasteiger partial charge in [0.05, 0.1) is 17.8 Å². The fraction of sp³-hybridized carbons (Fsp3) is 0.250. The Morgan fingerprint density at radius 3 is 2.59 bits per heavy atom. The Morgan fingerprint density at radius 1 is 1.18 bits per heavy atom. The number of pyridine rings is 1. The molecule has 1 amide bonds. The first-order valence-corrected chi connectivity index (χ1v) is 6.80. The van der Waals surface area contributed by atoms with Crippen LogP contribution in [-0.2, 0) is 0 Å². The van der Waals surface area contributed by atoms with E-state index in [-0.39, 0.29) is 11.3 Å². The lowest BCUT2D eigenvalue weighted by Crippen LogP contribution is -2.42. The molecule has 1 aromatic carbocycles. The van der Waals surface area contributed by atoms with Crippen LogP contribution in [0.1, 0.15) is 24.2 Å². The van der Waals surface area contributed by atoms with E-state index in [0.717, 1.165) is 6.20 Å². The third-order valence-electron chi connectivity index (χ3n) is 3.23. The van der Waals surface area contributed by atoms with E-state index in [1.807, 2.05) is 0 Å². The van der Waals surface area contributed by atoms with Crippen LogP contribution in [-0.4, -0.2) is 23.0 Å². The van der Waals surface area contributed by atoms with Gasteiger partial charge in [-0.15, -0.1) is 0 Å². The molecule has 2 rings (SSSR count). The fourth-order valence-corrected chi connectivity index (χ4v) is 1.80. The minimum atomic E-state index is -0.699. The summed E-state index contributed by atoms with van der Waals surface area (Å²) in [5, 5.41) is 2.62.